The minimum Gasteiger partial charge on any atom is -0.497 e. The van der Waals surface area contributed by atoms with E-state index in [9.17, 15) is 19.5 Å². The maximum Gasteiger partial charge on any atom is 0.328 e. The molecule has 2 aliphatic rings. The van der Waals surface area contributed by atoms with Gasteiger partial charge in [0.15, 0.2) is 6.04 Å². The van der Waals surface area contributed by atoms with Gasteiger partial charge < -0.3 is 14.6 Å². The Morgan fingerprint density at radius 2 is 2.07 bits per heavy atom. The fourth-order valence-electron chi connectivity index (χ4n) is 2.89. The first kappa shape index (κ1) is 21.8. The van der Waals surface area contributed by atoms with Crippen molar-refractivity contribution in [1.29, 1.82) is 0 Å². The van der Waals surface area contributed by atoms with Crippen molar-refractivity contribution in [3.63, 3.8) is 0 Å². The molecule has 0 unspecified atom stereocenters. The van der Waals surface area contributed by atoms with E-state index in [1.54, 1.807) is 38.3 Å². The normalized spacial score (nSPS) is 20.0. The summed E-state index contributed by atoms with van der Waals surface area (Å²) in [4.78, 5) is 37.4. The van der Waals surface area contributed by atoms with Gasteiger partial charge in [0.2, 0.25) is 0 Å². The molecule has 1 aromatic rings. The van der Waals surface area contributed by atoms with Crippen LogP contribution >= 0.6 is 24.0 Å². The Bertz CT molecular complexity index is 944. The number of thioether (sulfide) groups is 1. The molecule has 0 aromatic heterocycles. The molecule has 0 radical (unpaired) electrons. The maximum absolute atomic E-state index is 12.6. The van der Waals surface area contributed by atoms with Crippen molar-refractivity contribution in [1.82, 2.24) is 9.91 Å². The van der Waals surface area contributed by atoms with Crippen LogP contribution in [0.1, 0.15) is 18.9 Å². The minimum absolute atomic E-state index is 0.168. The molecule has 9 nitrogen and oxygen atoms in total. The molecule has 0 aliphatic carbocycles. The highest BCUT2D eigenvalue weighted by Gasteiger charge is 2.37. The lowest BCUT2D eigenvalue weighted by Crippen LogP contribution is -2.35. The first-order chi connectivity index (χ1) is 14.3. The van der Waals surface area contributed by atoms with Crippen molar-refractivity contribution in [3.8, 4) is 5.75 Å². The van der Waals surface area contributed by atoms with E-state index in [0.29, 0.717) is 11.5 Å². The number of rotatable bonds is 7. The Hall–Kier alpha value is -2.92. The SMILES string of the molecule is CCOC(=O)CN1C(=O)/C(=C/N2N=C(c3ccc(OC)cc3)C[C@@H]2C(=O)O)SC1=S. The van der Waals surface area contributed by atoms with Crippen LogP contribution in [0.2, 0.25) is 0 Å². The van der Waals surface area contributed by atoms with Gasteiger partial charge >= 0.3 is 11.9 Å². The molecule has 1 atom stereocenters. The number of esters is 1. The quantitative estimate of drug-likeness (QED) is 0.379. The van der Waals surface area contributed by atoms with Gasteiger partial charge in [0.1, 0.15) is 16.6 Å². The van der Waals surface area contributed by atoms with Crippen LogP contribution in [-0.4, -0.2) is 69.2 Å². The summed E-state index contributed by atoms with van der Waals surface area (Å²) in [6.45, 7) is 1.57. The fourth-order valence-corrected chi connectivity index (χ4v) is 4.11. The van der Waals surface area contributed by atoms with Gasteiger partial charge in [-0.2, -0.15) is 5.10 Å². The average molecular weight is 450 g/mol. The monoisotopic (exact) mass is 449 g/mol. The number of hydrogen-bond acceptors (Lipinski definition) is 9. The van der Waals surface area contributed by atoms with Crippen LogP contribution in [0.4, 0.5) is 0 Å². The van der Waals surface area contributed by atoms with Gasteiger partial charge in [-0.15, -0.1) is 0 Å². The lowest BCUT2D eigenvalue weighted by Gasteiger charge is -2.16. The number of carbonyl (C=O) groups excluding carboxylic acids is 2. The topological polar surface area (TPSA) is 109 Å². The Balaban J connectivity index is 1.83. The van der Waals surface area contributed by atoms with Crippen molar-refractivity contribution in [3.05, 3.63) is 40.9 Å². The van der Waals surface area contributed by atoms with Crippen LogP contribution < -0.4 is 4.74 Å². The van der Waals surface area contributed by atoms with Gasteiger partial charge in [0.05, 0.1) is 24.3 Å². The molecule has 1 amide bonds. The van der Waals surface area contributed by atoms with E-state index < -0.39 is 23.9 Å². The third-order valence-corrected chi connectivity index (χ3v) is 5.73. The summed E-state index contributed by atoms with van der Waals surface area (Å²) in [5.41, 5.74) is 1.33. The second kappa shape index (κ2) is 9.26. The molecule has 30 heavy (non-hydrogen) atoms. The highest BCUT2D eigenvalue weighted by molar-refractivity contribution is 8.26. The van der Waals surface area contributed by atoms with Crippen LogP contribution in [0, 0.1) is 0 Å². The Kier molecular flexibility index (Phi) is 6.73. The summed E-state index contributed by atoms with van der Waals surface area (Å²) in [6, 6.07) is 6.14. The molecule has 11 heteroatoms. The summed E-state index contributed by atoms with van der Waals surface area (Å²) in [6.07, 6.45) is 1.53. The van der Waals surface area contributed by atoms with Gasteiger partial charge in [0.25, 0.3) is 5.91 Å². The van der Waals surface area contributed by atoms with Gasteiger partial charge in [-0.25, -0.2) is 4.79 Å². The van der Waals surface area contributed by atoms with E-state index in [1.165, 1.54) is 11.2 Å². The summed E-state index contributed by atoms with van der Waals surface area (Å²) in [7, 11) is 1.56. The largest absolute Gasteiger partial charge is 0.497 e. The summed E-state index contributed by atoms with van der Waals surface area (Å²) in [5, 5.41) is 15.2. The van der Waals surface area contributed by atoms with Crippen LogP contribution in [0.15, 0.2) is 40.5 Å². The number of hydrazone groups is 1. The molecule has 1 fully saturated rings. The number of carboxylic acids is 1. The number of hydrogen-bond donors (Lipinski definition) is 1. The first-order valence-electron chi connectivity index (χ1n) is 8.98. The first-order valence-corrected chi connectivity index (χ1v) is 10.2. The van der Waals surface area contributed by atoms with E-state index in [0.717, 1.165) is 22.2 Å². The molecular weight excluding hydrogens is 430 g/mol. The second-order valence-corrected chi connectivity index (χ2v) is 7.95. The predicted octanol–water partition coefficient (Wildman–Crippen LogP) is 1.82. The zero-order valence-corrected chi connectivity index (χ0v) is 17.9. The number of carboxylic acid groups (broad SMARTS) is 1. The van der Waals surface area contributed by atoms with Crippen LogP contribution in [0.25, 0.3) is 0 Å². The van der Waals surface area contributed by atoms with Crippen molar-refractivity contribution in [2.45, 2.75) is 19.4 Å². The summed E-state index contributed by atoms with van der Waals surface area (Å²) >= 11 is 6.16. The average Bonchev–Trinajstić information content (AvgIpc) is 3.25. The number of benzene rings is 1. The van der Waals surface area contributed by atoms with Crippen molar-refractivity contribution >= 4 is 51.9 Å². The van der Waals surface area contributed by atoms with Crippen molar-refractivity contribution in [2.24, 2.45) is 5.10 Å². The van der Waals surface area contributed by atoms with Gasteiger partial charge in [-0.3, -0.25) is 19.5 Å². The summed E-state index contributed by atoms with van der Waals surface area (Å²) in [5.74, 6) is -1.45. The van der Waals surface area contributed by atoms with Gasteiger partial charge in [0, 0.05) is 12.6 Å². The number of amides is 1. The van der Waals surface area contributed by atoms with Crippen molar-refractivity contribution in [2.75, 3.05) is 20.3 Å². The standard InChI is InChI=1S/C19H19N3O6S2/c1-3-28-16(23)10-21-17(24)15(30-19(21)29)9-22-14(18(25)26)8-13(20-22)11-4-6-12(27-2)7-5-11/h4-7,9,14H,3,8,10H2,1-2H3,(H,25,26)/b15-9-/t14-/m1/s1. The molecule has 2 heterocycles. The smallest absolute Gasteiger partial charge is 0.328 e. The Labute approximate surface area is 182 Å². The molecule has 0 saturated carbocycles. The number of ether oxygens (including phenoxy) is 2. The fraction of sp³-hybridized carbons (Fsp3) is 0.316. The lowest BCUT2D eigenvalue weighted by atomic mass is 10.0. The third-order valence-electron chi connectivity index (χ3n) is 4.37. The Morgan fingerprint density at radius 3 is 2.67 bits per heavy atom. The zero-order chi connectivity index (χ0) is 21.8. The van der Waals surface area contributed by atoms with Crippen molar-refractivity contribution < 1.29 is 29.0 Å². The molecule has 158 valence electrons. The highest BCUT2D eigenvalue weighted by Crippen LogP contribution is 2.33. The molecule has 0 spiro atoms. The van der Waals surface area contributed by atoms with Gasteiger partial charge in [-0.05, 0) is 36.8 Å². The zero-order valence-electron chi connectivity index (χ0n) is 16.2. The second-order valence-electron chi connectivity index (χ2n) is 6.27. The predicted molar refractivity (Wildman–Crippen MR) is 114 cm³/mol. The molecule has 1 N–H and O–H groups in total. The number of nitrogens with zero attached hydrogens (tertiary/aromatic N) is 3. The van der Waals surface area contributed by atoms with E-state index in [4.69, 9.17) is 21.7 Å². The lowest BCUT2D eigenvalue weighted by molar-refractivity contribution is -0.145. The van der Waals surface area contributed by atoms with Crippen LogP contribution in [0.5, 0.6) is 5.75 Å². The van der Waals surface area contributed by atoms with E-state index in [2.05, 4.69) is 5.10 Å². The van der Waals surface area contributed by atoms with Crippen LogP contribution in [-0.2, 0) is 19.1 Å². The molecule has 0 bridgehead atoms. The summed E-state index contributed by atoms with van der Waals surface area (Å²) < 4.78 is 10.2. The molecule has 3 rings (SSSR count). The number of methoxy groups -OCH3 is 1. The van der Waals surface area contributed by atoms with Gasteiger partial charge in [-0.1, -0.05) is 24.0 Å². The number of aliphatic carboxylic acids is 1. The number of carbonyl (C=O) groups is 3. The minimum atomic E-state index is -1.07. The molecular formula is C19H19N3O6S2. The number of thiocarbonyl (C=S) groups is 1. The van der Waals surface area contributed by atoms with Crippen LogP contribution in [0.3, 0.4) is 0 Å². The van der Waals surface area contributed by atoms with E-state index in [-0.39, 0.29) is 28.8 Å². The molecule has 1 saturated heterocycles. The van der Waals surface area contributed by atoms with E-state index >= 15 is 0 Å². The van der Waals surface area contributed by atoms with E-state index in [1.807, 2.05) is 0 Å². The molecule has 1 aromatic carbocycles. The Morgan fingerprint density at radius 1 is 1.37 bits per heavy atom. The maximum atomic E-state index is 12.6. The molecule has 2 aliphatic heterocycles. The third kappa shape index (κ3) is 4.62. The highest BCUT2D eigenvalue weighted by atomic mass is 32.2.